The molecule has 2 aromatic carbocycles. The molecule has 2 aliphatic carbocycles. The zero-order valence-electron chi connectivity index (χ0n) is 17.2. The summed E-state index contributed by atoms with van der Waals surface area (Å²) >= 11 is 0. The molecule has 1 N–H and O–H groups in total. The maximum atomic E-state index is 13.2. The van der Waals surface area contributed by atoms with Crippen molar-refractivity contribution in [3.8, 4) is 11.5 Å². The van der Waals surface area contributed by atoms with E-state index in [0.29, 0.717) is 22.9 Å². The Bertz CT molecular complexity index is 1090. The van der Waals surface area contributed by atoms with E-state index in [-0.39, 0.29) is 41.0 Å². The van der Waals surface area contributed by atoms with Gasteiger partial charge in [-0.3, -0.25) is 14.4 Å². The van der Waals surface area contributed by atoms with Gasteiger partial charge in [0.25, 0.3) is 5.91 Å². The van der Waals surface area contributed by atoms with Crippen LogP contribution in [0.1, 0.15) is 16.8 Å². The lowest BCUT2D eigenvalue weighted by Gasteiger charge is -2.20. The van der Waals surface area contributed by atoms with Gasteiger partial charge >= 0.3 is 0 Å². The van der Waals surface area contributed by atoms with E-state index in [4.69, 9.17) is 9.47 Å². The summed E-state index contributed by atoms with van der Waals surface area (Å²) < 4.78 is 10.5. The summed E-state index contributed by atoms with van der Waals surface area (Å²) in [4.78, 5) is 40.8. The van der Waals surface area contributed by atoms with Gasteiger partial charge in [-0.15, -0.1) is 0 Å². The van der Waals surface area contributed by atoms with Crippen molar-refractivity contribution >= 4 is 29.1 Å². The topological polar surface area (TPSA) is 84.9 Å². The molecule has 1 saturated carbocycles. The van der Waals surface area contributed by atoms with Crippen molar-refractivity contribution in [3.05, 3.63) is 60.2 Å². The molecule has 0 radical (unpaired) electrons. The number of fused-ring (bicyclic) bond motifs is 5. The van der Waals surface area contributed by atoms with Crippen molar-refractivity contribution in [2.45, 2.75) is 6.42 Å². The van der Waals surface area contributed by atoms with Crippen molar-refractivity contribution in [1.29, 1.82) is 0 Å². The molecule has 2 aromatic rings. The number of anilines is 2. The number of hydrogen-bond acceptors (Lipinski definition) is 5. The van der Waals surface area contributed by atoms with Crippen molar-refractivity contribution < 1.29 is 23.9 Å². The van der Waals surface area contributed by atoms with Crippen LogP contribution in [-0.2, 0) is 9.59 Å². The fourth-order valence-corrected chi connectivity index (χ4v) is 5.09. The molecule has 0 aromatic heterocycles. The van der Waals surface area contributed by atoms with Crippen LogP contribution in [-0.4, -0.2) is 31.9 Å². The summed E-state index contributed by atoms with van der Waals surface area (Å²) in [7, 11) is 3.05. The lowest BCUT2D eigenvalue weighted by atomic mass is 9.85. The van der Waals surface area contributed by atoms with Gasteiger partial charge in [-0.1, -0.05) is 24.3 Å². The second kappa shape index (κ2) is 7.27. The number of amides is 3. The number of imide groups is 1. The Hall–Kier alpha value is -3.61. The first kappa shape index (κ1) is 19.4. The maximum absolute atomic E-state index is 13.2. The molecule has 158 valence electrons. The molecular formula is C24H22N2O5. The zero-order valence-corrected chi connectivity index (χ0v) is 17.2. The summed E-state index contributed by atoms with van der Waals surface area (Å²) in [6.45, 7) is 0. The number of carbonyl (C=O) groups excluding carboxylic acids is 3. The largest absolute Gasteiger partial charge is 0.497 e. The number of ether oxygens (including phenoxy) is 2. The summed E-state index contributed by atoms with van der Waals surface area (Å²) in [5, 5.41) is 2.82. The van der Waals surface area contributed by atoms with Gasteiger partial charge < -0.3 is 14.8 Å². The van der Waals surface area contributed by atoms with E-state index >= 15 is 0 Å². The first-order valence-corrected chi connectivity index (χ1v) is 10.2. The predicted octanol–water partition coefficient (Wildman–Crippen LogP) is 3.27. The molecule has 4 atom stereocenters. The molecule has 2 fully saturated rings. The monoisotopic (exact) mass is 418 g/mol. The third-order valence-electron chi connectivity index (χ3n) is 6.52. The minimum absolute atomic E-state index is 0.112. The Morgan fingerprint density at radius 2 is 1.65 bits per heavy atom. The molecule has 3 amide bonds. The number of carbonyl (C=O) groups is 3. The number of nitrogens with zero attached hydrogens (tertiary/aromatic N) is 1. The molecule has 2 bridgehead atoms. The number of benzene rings is 2. The lowest BCUT2D eigenvalue weighted by Crippen LogP contribution is -2.34. The number of hydrogen-bond donors (Lipinski definition) is 1. The van der Waals surface area contributed by atoms with Crippen molar-refractivity contribution in [1.82, 2.24) is 0 Å². The smallest absolute Gasteiger partial charge is 0.257 e. The van der Waals surface area contributed by atoms with Gasteiger partial charge in [-0.25, -0.2) is 4.90 Å². The van der Waals surface area contributed by atoms with Crippen LogP contribution in [0.4, 0.5) is 11.4 Å². The van der Waals surface area contributed by atoms with Crippen LogP contribution < -0.4 is 19.7 Å². The van der Waals surface area contributed by atoms with Crippen LogP contribution in [0.25, 0.3) is 0 Å². The number of para-hydroxylation sites is 1. The molecule has 1 aliphatic heterocycles. The molecule has 0 unspecified atom stereocenters. The quantitative estimate of drug-likeness (QED) is 0.595. The van der Waals surface area contributed by atoms with E-state index in [9.17, 15) is 14.4 Å². The van der Waals surface area contributed by atoms with Gasteiger partial charge in [-0.2, -0.15) is 0 Å². The van der Waals surface area contributed by atoms with Crippen LogP contribution in [0.15, 0.2) is 54.6 Å². The first-order chi connectivity index (χ1) is 15.0. The van der Waals surface area contributed by atoms with Crippen LogP contribution >= 0.6 is 0 Å². The van der Waals surface area contributed by atoms with Crippen LogP contribution in [0.3, 0.4) is 0 Å². The minimum atomic E-state index is -0.433. The van der Waals surface area contributed by atoms with Crippen LogP contribution in [0.5, 0.6) is 11.5 Å². The molecular weight excluding hydrogens is 396 g/mol. The van der Waals surface area contributed by atoms with Gasteiger partial charge in [0.1, 0.15) is 11.5 Å². The Balaban J connectivity index is 1.46. The Labute approximate surface area is 179 Å². The van der Waals surface area contributed by atoms with Gasteiger partial charge in [0, 0.05) is 6.07 Å². The summed E-state index contributed by atoms with van der Waals surface area (Å²) in [6, 6.07) is 11.7. The fraction of sp³-hybridized carbons (Fsp3) is 0.292. The van der Waals surface area contributed by atoms with Gasteiger partial charge in [0.2, 0.25) is 11.8 Å². The van der Waals surface area contributed by atoms with E-state index in [1.807, 2.05) is 0 Å². The van der Waals surface area contributed by atoms with E-state index in [1.54, 1.807) is 49.6 Å². The van der Waals surface area contributed by atoms with Crippen molar-refractivity contribution in [2.24, 2.45) is 23.7 Å². The van der Waals surface area contributed by atoms with Crippen LogP contribution in [0, 0.1) is 23.7 Å². The summed E-state index contributed by atoms with van der Waals surface area (Å²) in [5.41, 5.74) is 1.03. The molecule has 7 heteroatoms. The lowest BCUT2D eigenvalue weighted by molar-refractivity contribution is -0.123. The standard InChI is InChI=1S/C24H22N2O5/c1-30-15-9-10-17(19(12-15)31-2)25-22(27)16-5-3-4-6-18(16)26-23(28)20-13-7-8-14(11-13)21(20)24(26)29/h3-10,12-14,20-21H,11H2,1-2H3,(H,25,27)/t13-,14-,20-,21+/m0/s1. The van der Waals surface area contributed by atoms with Gasteiger partial charge in [0.05, 0.1) is 43.0 Å². The van der Waals surface area contributed by atoms with Crippen LogP contribution in [0.2, 0.25) is 0 Å². The molecule has 0 spiro atoms. The fourth-order valence-electron chi connectivity index (χ4n) is 5.09. The average Bonchev–Trinajstić information content (AvgIpc) is 3.47. The van der Waals surface area contributed by atoms with Gasteiger partial charge in [-0.05, 0) is 42.5 Å². The maximum Gasteiger partial charge on any atom is 0.257 e. The predicted molar refractivity (Wildman–Crippen MR) is 114 cm³/mol. The van der Waals surface area contributed by atoms with Crippen molar-refractivity contribution in [2.75, 3.05) is 24.4 Å². The normalized spacial score (nSPS) is 25.7. The SMILES string of the molecule is COc1ccc(NC(=O)c2ccccc2N2C(=O)[C@@H]3[C@H](C2=O)[C@H]2C=C[C@H]3C2)c(OC)c1. The highest BCUT2D eigenvalue weighted by Crippen LogP contribution is 2.53. The minimum Gasteiger partial charge on any atom is -0.497 e. The van der Waals surface area contributed by atoms with E-state index in [2.05, 4.69) is 17.5 Å². The van der Waals surface area contributed by atoms with Crippen molar-refractivity contribution in [3.63, 3.8) is 0 Å². The number of nitrogens with one attached hydrogen (secondary N) is 1. The highest BCUT2D eigenvalue weighted by Gasteiger charge is 2.59. The van der Waals surface area contributed by atoms with E-state index < -0.39 is 5.91 Å². The molecule has 7 nitrogen and oxygen atoms in total. The second-order valence-electron chi connectivity index (χ2n) is 8.05. The third-order valence-corrected chi connectivity index (χ3v) is 6.52. The first-order valence-electron chi connectivity index (χ1n) is 10.2. The third kappa shape index (κ3) is 2.91. The highest BCUT2D eigenvalue weighted by molar-refractivity contribution is 6.25. The molecule has 3 aliphatic rings. The van der Waals surface area contributed by atoms with E-state index in [1.165, 1.54) is 12.0 Å². The molecule has 31 heavy (non-hydrogen) atoms. The summed E-state index contributed by atoms with van der Waals surface area (Å²) in [6.07, 6.45) is 4.96. The number of methoxy groups -OCH3 is 2. The summed E-state index contributed by atoms with van der Waals surface area (Å²) in [5.74, 6) is -0.238. The Morgan fingerprint density at radius 1 is 0.968 bits per heavy atom. The molecule has 5 rings (SSSR count). The average molecular weight is 418 g/mol. The Morgan fingerprint density at radius 3 is 2.29 bits per heavy atom. The molecule has 1 heterocycles. The highest BCUT2D eigenvalue weighted by atomic mass is 16.5. The van der Waals surface area contributed by atoms with E-state index in [0.717, 1.165) is 6.42 Å². The zero-order chi connectivity index (χ0) is 21.7. The number of rotatable bonds is 5. The number of allylic oxidation sites excluding steroid dienone is 2. The molecule has 1 saturated heterocycles. The van der Waals surface area contributed by atoms with Gasteiger partial charge in [0.15, 0.2) is 0 Å². The second-order valence-corrected chi connectivity index (χ2v) is 8.05. The Kier molecular flexibility index (Phi) is 4.54.